The summed E-state index contributed by atoms with van der Waals surface area (Å²) in [6.07, 6.45) is 10.3. The number of fused-ring (bicyclic) bond motifs is 1. The number of pyridine rings is 1. The van der Waals surface area contributed by atoms with Crippen LogP contribution < -0.4 is 10.6 Å². The van der Waals surface area contributed by atoms with Crippen molar-refractivity contribution in [2.75, 3.05) is 37.4 Å². The van der Waals surface area contributed by atoms with Crippen molar-refractivity contribution in [1.29, 1.82) is 0 Å². The summed E-state index contributed by atoms with van der Waals surface area (Å²) in [5.41, 5.74) is 3.17. The maximum absolute atomic E-state index is 13.3. The lowest BCUT2D eigenvalue weighted by molar-refractivity contribution is -0.117. The molecule has 0 bridgehead atoms. The number of amides is 2. The fraction of sp³-hybridized carbons (Fsp3) is 0.444. The number of rotatable bonds is 10. The number of methoxy groups -OCH3 is 1. The molecule has 0 saturated carbocycles. The first-order chi connectivity index (χ1) is 18.8. The Kier molecular flexibility index (Phi) is 8.05. The first-order valence-electron chi connectivity index (χ1n) is 13.1. The molecule has 1 aliphatic heterocycles. The van der Waals surface area contributed by atoms with Gasteiger partial charge < -0.3 is 20.3 Å². The molecule has 4 aromatic heterocycles. The average molecular weight is 551 g/mol. The van der Waals surface area contributed by atoms with Crippen molar-refractivity contribution < 1.29 is 14.3 Å². The van der Waals surface area contributed by atoms with Crippen LogP contribution in [0.2, 0.25) is 0 Å². The van der Waals surface area contributed by atoms with E-state index in [-0.39, 0.29) is 11.8 Å². The largest absolute Gasteiger partial charge is 0.383 e. The lowest BCUT2D eigenvalue weighted by Gasteiger charge is -2.20. The van der Waals surface area contributed by atoms with Crippen LogP contribution in [0.4, 0.5) is 11.4 Å². The molecule has 5 rings (SSSR count). The van der Waals surface area contributed by atoms with E-state index in [9.17, 15) is 9.59 Å². The van der Waals surface area contributed by atoms with E-state index in [2.05, 4.69) is 44.6 Å². The van der Waals surface area contributed by atoms with E-state index < -0.39 is 0 Å². The Balaban J connectivity index is 1.25. The quantitative estimate of drug-likeness (QED) is 0.307. The second kappa shape index (κ2) is 11.6. The normalized spacial score (nSPS) is 15.9. The predicted octanol–water partition coefficient (Wildman–Crippen LogP) is 3.92. The standard InChI is InChI=1S/C27H34N8O3S/c1-17(2)33-6-5-19(14-33)9-25(36)31-21-10-23(18(3)28-12-21)32-26(37)22-13-30-35-16-24(39-27(22)35)20-11-29-34(15-20)7-8-38-4/h10-13,15-17,19H,5-9,14H2,1-4H3,(H,31,36)(H,32,37)/t19-/m1/s1. The van der Waals surface area contributed by atoms with Gasteiger partial charge in [0, 0.05) is 44.1 Å². The molecule has 12 heteroatoms. The van der Waals surface area contributed by atoms with Crippen LogP contribution in [0.25, 0.3) is 15.3 Å². The third kappa shape index (κ3) is 6.18. The number of anilines is 2. The molecule has 4 aromatic rings. The number of hydrogen-bond acceptors (Lipinski definition) is 8. The van der Waals surface area contributed by atoms with Gasteiger partial charge in [0.2, 0.25) is 5.91 Å². The molecule has 0 radical (unpaired) electrons. The second-order valence-electron chi connectivity index (χ2n) is 10.2. The Bertz CT molecular complexity index is 1470. The van der Waals surface area contributed by atoms with Gasteiger partial charge in [-0.1, -0.05) is 0 Å². The highest BCUT2D eigenvalue weighted by Gasteiger charge is 2.26. The SMILES string of the molecule is COCCn1cc(-c2cn3ncc(C(=O)Nc4cc(NC(=O)C[C@H]5CCN(C(C)C)C5)cnc4C)c3s2)cn1. The molecular weight excluding hydrogens is 516 g/mol. The summed E-state index contributed by atoms with van der Waals surface area (Å²) in [6, 6.07) is 2.25. The molecule has 5 heterocycles. The number of nitrogens with one attached hydrogen (secondary N) is 2. The number of likely N-dealkylation sites (tertiary alicyclic amines) is 1. The third-order valence-corrected chi connectivity index (χ3v) is 8.18. The average Bonchev–Trinajstić information content (AvgIpc) is 3.68. The van der Waals surface area contributed by atoms with Crippen LogP contribution >= 0.6 is 11.3 Å². The van der Waals surface area contributed by atoms with E-state index in [1.165, 1.54) is 11.3 Å². The summed E-state index contributed by atoms with van der Waals surface area (Å²) >= 11 is 1.47. The summed E-state index contributed by atoms with van der Waals surface area (Å²) in [5.74, 6) is 0.0240. The van der Waals surface area contributed by atoms with E-state index in [0.717, 1.165) is 34.8 Å². The molecule has 1 saturated heterocycles. The fourth-order valence-electron chi connectivity index (χ4n) is 4.76. The van der Waals surface area contributed by atoms with Crippen LogP contribution in [-0.2, 0) is 16.1 Å². The van der Waals surface area contributed by atoms with Gasteiger partial charge in [-0.15, -0.1) is 11.3 Å². The minimum Gasteiger partial charge on any atom is -0.383 e. The molecule has 1 atom stereocenters. The number of carbonyl (C=O) groups excluding carboxylic acids is 2. The highest BCUT2D eigenvalue weighted by Crippen LogP contribution is 2.31. The number of nitrogens with zero attached hydrogens (tertiary/aromatic N) is 6. The van der Waals surface area contributed by atoms with Crippen LogP contribution in [-0.4, -0.2) is 73.9 Å². The van der Waals surface area contributed by atoms with E-state index >= 15 is 0 Å². The molecule has 1 aliphatic rings. The molecular formula is C27H34N8O3S. The van der Waals surface area contributed by atoms with Gasteiger partial charge in [0.1, 0.15) is 4.83 Å². The lowest BCUT2D eigenvalue weighted by Crippen LogP contribution is -2.28. The van der Waals surface area contributed by atoms with Gasteiger partial charge in [-0.25, -0.2) is 4.52 Å². The molecule has 0 aliphatic carbocycles. The van der Waals surface area contributed by atoms with Gasteiger partial charge in [-0.2, -0.15) is 10.2 Å². The first-order valence-corrected chi connectivity index (χ1v) is 13.9. The number of thiazole rings is 1. The Hall–Kier alpha value is -3.61. The first kappa shape index (κ1) is 27.0. The molecule has 0 aromatic carbocycles. The fourth-order valence-corrected chi connectivity index (χ4v) is 5.80. The smallest absolute Gasteiger partial charge is 0.260 e. The molecule has 1 fully saturated rings. The number of hydrogen-bond donors (Lipinski definition) is 2. The minimum absolute atomic E-state index is 0.0384. The highest BCUT2D eigenvalue weighted by molar-refractivity contribution is 7.21. The predicted molar refractivity (Wildman–Crippen MR) is 151 cm³/mol. The van der Waals surface area contributed by atoms with E-state index in [1.54, 1.807) is 36.3 Å². The Labute approximate surface area is 231 Å². The van der Waals surface area contributed by atoms with E-state index in [0.29, 0.717) is 54.2 Å². The van der Waals surface area contributed by atoms with Crippen LogP contribution in [0.1, 0.15) is 42.7 Å². The van der Waals surface area contributed by atoms with Crippen molar-refractivity contribution in [3.05, 3.63) is 48.3 Å². The van der Waals surface area contributed by atoms with Gasteiger partial charge in [0.05, 0.1) is 59.3 Å². The molecule has 0 spiro atoms. The number of aromatic nitrogens is 5. The zero-order chi connectivity index (χ0) is 27.5. The second-order valence-corrected chi connectivity index (χ2v) is 11.2. The summed E-state index contributed by atoms with van der Waals surface area (Å²) in [5, 5.41) is 14.6. The van der Waals surface area contributed by atoms with Crippen molar-refractivity contribution in [1.82, 2.24) is 29.3 Å². The van der Waals surface area contributed by atoms with Crippen molar-refractivity contribution in [2.45, 2.75) is 46.2 Å². The van der Waals surface area contributed by atoms with Gasteiger partial charge in [-0.3, -0.25) is 19.3 Å². The van der Waals surface area contributed by atoms with E-state index in [4.69, 9.17) is 4.74 Å². The molecule has 206 valence electrons. The summed E-state index contributed by atoms with van der Waals surface area (Å²) < 4.78 is 8.64. The maximum Gasteiger partial charge on any atom is 0.260 e. The number of aryl methyl sites for hydroxylation is 1. The van der Waals surface area contributed by atoms with Crippen LogP contribution in [0.3, 0.4) is 0 Å². The van der Waals surface area contributed by atoms with E-state index in [1.807, 2.05) is 24.0 Å². The maximum atomic E-state index is 13.3. The topological polar surface area (TPSA) is 119 Å². The zero-order valence-electron chi connectivity index (χ0n) is 22.7. The Morgan fingerprint density at radius 2 is 2.03 bits per heavy atom. The van der Waals surface area contributed by atoms with Crippen molar-refractivity contribution >= 4 is 39.4 Å². The van der Waals surface area contributed by atoms with Crippen LogP contribution in [0.5, 0.6) is 0 Å². The molecule has 0 unspecified atom stereocenters. The monoisotopic (exact) mass is 550 g/mol. The summed E-state index contributed by atoms with van der Waals surface area (Å²) in [7, 11) is 1.66. The third-order valence-electron chi connectivity index (χ3n) is 7.02. The lowest BCUT2D eigenvalue weighted by atomic mass is 10.0. The van der Waals surface area contributed by atoms with Crippen LogP contribution in [0, 0.1) is 12.8 Å². The van der Waals surface area contributed by atoms with Crippen molar-refractivity contribution in [3.8, 4) is 10.4 Å². The van der Waals surface area contributed by atoms with Gasteiger partial charge in [0.15, 0.2) is 0 Å². The number of ether oxygens (including phenoxy) is 1. The van der Waals surface area contributed by atoms with Gasteiger partial charge in [0.25, 0.3) is 5.91 Å². The highest BCUT2D eigenvalue weighted by atomic mass is 32.1. The molecule has 39 heavy (non-hydrogen) atoms. The van der Waals surface area contributed by atoms with Crippen LogP contribution in [0.15, 0.2) is 37.1 Å². The van der Waals surface area contributed by atoms with Crippen molar-refractivity contribution in [2.24, 2.45) is 5.92 Å². The summed E-state index contributed by atoms with van der Waals surface area (Å²) in [4.78, 5) is 34.4. The molecule has 11 nitrogen and oxygen atoms in total. The molecule has 2 amide bonds. The zero-order valence-corrected chi connectivity index (χ0v) is 23.5. The minimum atomic E-state index is -0.290. The Morgan fingerprint density at radius 3 is 2.79 bits per heavy atom. The summed E-state index contributed by atoms with van der Waals surface area (Å²) in [6.45, 7) is 9.40. The van der Waals surface area contributed by atoms with Crippen molar-refractivity contribution in [3.63, 3.8) is 0 Å². The van der Waals surface area contributed by atoms with Gasteiger partial charge >= 0.3 is 0 Å². The number of carbonyl (C=O) groups is 2. The molecule has 2 N–H and O–H groups in total. The van der Waals surface area contributed by atoms with Gasteiger partial charge in [-0.05, 0) is 45.7 Å². The Morgan fingerprint density at radius 1 is 1.18 bits per heavy atom.